The van der Waals surface area contributed by atoms with E-state index in [4.69, 9.17) is 0 Å². The molecule has 0 fully saturated rings. The number of benzene rings is 8. The van der Waals surface area contributed by atoms with Crippen molar-refractivity contribution in [3.05, 3.63) is 181 Å². The van der Waals surface area contributed by atoms with Gasteiger partial charge in [0.15, 0.2) is 0 Å². The van der Waals surface area contributed by atoms with Gasteiger partial charge in [-0.3, -0.25) is 0 Å². The van der Waals surface area contributed by atoms with Gasteiger partial charge in [-0.1, -0.05) is 172 Å². The fourth-order valence-corrected chi connectivity index (χ4v) is 9.89. The molecule has 0 amide bonds. The van der Waals surface area contributed by atoms with Gasteiger partial charge in [0, 0.05) is 31.5 Å². The van der Waals surface area contributed by atoms with Gasteiger partial charge in [-0.15, -0.1) is 11.3 Å². The molecule has 236 valence electrons. The smallest absolute Gasteiger partial charge is 0.0446 e. The summed E-state index contributed by atoms with van der Waals surface area (Å²) in [5.74, 6) is 0. The highest BCUT2D eigenvalue weighted by Gasteiger charge is 2.36. The zero-order valence-electron chi connectivity index (χ0n) is 28.1. The molecule has 50 heavy (non-hydrogen) atoms. The van der Waals surface area contributed by atoms with Crippen LogP contribution in [0.2, 0.25) is 0 Å². The van der Waals surface area contributed by atoms with E-state index in [0.717, 1.165) is 0 Å². The molecule has 8 aromatic carbocycles. The summed E-state index contributed by atoms with van der Waals surface area (Å²) < 4.78 is 1.33. The zero-order valence-corrected chi connectivity index (χ0v) is 28.9. The molecule has 0 aliphatic heterocycles. The van der Waals surface area contributed by atoms with E-state index in [1.807, 2.05) is 11.3 Å². The molecule has 1 aliphatic rings. The van der Waals surface area contributed by atoms with E-state index in [9.17, 15) is 0 Å². The number of fused-ring (bicyclic) bond motifs is 7. The Kier molecular flexibility index (Phi) is 6.50. The molecule has 0 nitrogen and oxygen atoms in total. The molecular weight excluding hydrogens is 621 g/mol. The van der Waals surface area contributed by atoms with Crippen molar-refractivity contribution in [2.24, 2.45) is 0 Å². The maximum Gasteiger partial charge on any atom is 0.0446 e. The Bertz CT molecular complexity index is 2760. The fourth-order valence-electron chi connectivity index (χ4n) is 8.49. The van der Waals surface area contributed by atoms with E-state index in [2.05, 4.69) is 184 Å². The minimum absolute atomic E-state index is 0.0727. The highest BCUT2D eigenvalue weighted by atomic mass is 32.1. The molecule has 9 aromatic rings. The van der Waals surface area contributed by atoms with Crippen molar-refractivity contribution in [2.75, 3.05) is 0 Å². The van der Waals surface area contributed by atoms with Gasteiger partial charge < -0.3 is 0 Å². The molecule has 1 heterocycles. The molecule has 0 spiro atoms. The van der Waals surface area contributed by atoms with E-state index in [1.54, 1.807) is 0 Å². The highest BCUT2D eigenvalue weighted by Crippen LogP contribution is 2.56. The van der Waals surface area contributed by atoms with E-state index in [0.29, 0.717) is 0 Å². The Morgan fingerprint density at radius 3 is 1.78 bits per heavy atom. The lowest BCUT2D eigenvalue weighted by atomic mass is 9.81. The second-order valence-electron chi connectivity index (χ2n) is 14.0. The van der Waals surface area contributed by atoms with Crippen LogP contribution in [0.15, 0.2) is 170 Å². The van der Waals surface area contributed by atoms with Gasteiger partial charge >= 0.3 is 0 Å². The number of hydrogen-bond acceptors (Lipinski definition) is 1. The van der Waals surface area contributed by atoms with Gasteiger partial charge in [0.25, 0.3) is 0 Å². The molecule has 10 rings (SSSR count). The van der Waals surface area contributed by atoms with Crippen molar-refractivity contribution < 1.29 is 0 Å². The Morgan fingerprint density at radius 2 is 1.00 bits per heavy atom. The number of rotatable bonds is 4. The predicted molar refractivity (Wildman–Crippen MR) is 216 cm³/mol. The Morgan fingerprint density at radius 1 is 0.400 bits per heavy atom. The topological polar surface area (TPSA) is 0 Å². The molecule has 0 atom stereocenters. The highest BCUT2D eigenvalue weighted by molar-refractivity contribution is 7.24. The number of hydrogen-bond donors (Lipinski definition) is 0. The van der Waals surface area contributed by atoms with Gasteiger partial charge in [0.2, 0.25) is 0 Å². The Labute approximate surface area is 296 Å². The van der Waals surface area contributed by atoms with Crippen LogP contribution in [0, 0.1) is 0 Å². The molecule has 1 heteroatoms. The largest absolute Gasteiger partial charge is 0.134 e. The lowest BCUT2D eigenvalue weighted by Crippen LogP contribution is -2.14. The summed E-state index contributed by atoms with van der Waals surface area (Å²) in [6.45, 7) is 4.75. The van der Waals surface area contributed by atoms with Crippen molar-refractivity contribution in [3.63, 3.8) is 0 Å². The van der Waals surface area contributed by atoms with E-state index < -0.39 is 0 Å². The molecule has 0 unspecified atom stereocenters. The fraction of sp³-hybridized carbons (Fsp3) is 0.0612. The lowest BCUT2D eigenvalue weighted by molar-refractivity contribution is 0.660. The molecule has 1 aliphatic carbocycles. The van der Waals surface area contributed by atoms with Crippen LogP contribution in [-0.4, -0.2) is 0 Å². The number of thiophene rings is 1. The monoisotopic (exact) mass is 654 g/mol. The molecular formula is C49H34S. The van der Waals surface area contributed by atoms with E-state index in [-0.39, 0.29) is 5.41 Å². The van der Waals surface area contributed by atoms with E-state index >= 15 is 0 Å². The normalized spacial score (nSPS) is 13.2. The van der Waals surface area contributed by atoms with Gasteiger partial charge in [0.05, 0.1) is 0 Å². The second kappa shape index (κ2) is 11.1. The third-order valence-corrected chi connectivity index (χ3v) is 12.1. The van der Waals surface area contributed by atoms with Gasteiger partial charge in [-0.25, -0.2) is 0 Å². The summed E-state index contributed by atoms with van der Waals surface area (Å²) in [6, 6.07) is 62.9. The van der Waals surface area contributed by atoms with Crippen molar-refractivity contribution in [2.45, 2.75) is 19.3 Å². The maximum atomic E-state index is 2.49. The van der Waals surface area contributed by atoms with Crippen molar-refractivity contribution >= 4 is 43.0 Å². The molecule has 1 aromatic heterocycles. The first-order valence-corrected chi connectivity index (χ1v) is 18.3. The van der Waals surface area contributed by atoms with Crippen LogP contribution in [0.25, 0.3) is 86.6 Å². The van der Waals surface area contributed by atoms with Crippen LogP contribution in [0.1, 0.15) is 25.0 Å². The standard InChI is InChI=1S/C49H34S/c1-49(2)41-24-14-13-21-37(41)38-28-27-36(30-42(38)49)47-45(33-18-7-4-8-19-33)46-40-23-12-11-22-39(40)43(35-26-25-31-15-9-10-20-34(31)29-35)44(48(46)50-47)32-16-5-3-6-17-32/h3-30H,1-2H3. The summed E-state index contributed by atoms with van der Waals surface area (Å²) in [6.07, 6.45) is 0. The first-order chi connectivity index (χ1) is 24.6. The minimum Gasteiger partial charge on any atom is -0.134 e. The van der Waals surface area contributed by atoms with Crippen molar-refractivity contribution in [3.8, 4) is 54.9 Å². The average Bonchev–Trinajstić information content (AvgIpc) is 3.68. The molecule has 0 bridgehead atoms. The van der Waals surface area contributed by atoms with Gasteiger partial charge in [0.1, 0.15) is 0 Å². The Balaban J connectivity index is 1.35. The third-order valence-electron chi connectivity index (χ3n) is 10.9. The van der Waals surface area contributed by atoms with Crippen LogP contribution in [0.3, 0.4) is 0 Å². The van der Waals surface area contributed by atoms with Crippen molar-refractivity contribution in [1.29, 1.82) is 0 Å². The molecule has 0 radical (unpaired) electrons. The van der Waals surface area contributed by atoms with E-state index in [1.165, 1.54) is 97.7 Å². The summed E-state index contributed by atoms with van der Waals surface area (Å²) in [5, 5.41) is 6.42. The van der Waals surface area contributed by atoms with Crippen LogP contribution >= 0.6 is 11.3 Å². The SMILES string of the molecule is CC1(C)c2ccccc2-c2ccc(-c3sc4c(-c5ccccc5)c(-c5ccc6ccccc6c5)c5ccccc5c4c3-c3ccccc3)cc21. The molecule has 0 N–H and O–H groups in total. The first-order valence-electron chi connectivity index (χ1n) is 17.4. The lowest BCUT2D eigenvalue weighted by Gasteiger charge is -2.22. The molecule has 0 saturated heterocycles. The zero-order chi connectivity index (χ0) is 33.4. The van der Waals surface area contributed by atoms with Crippen LogP contribution in [0.5, 0.6) is 0 Å². The van der Waals surface area contributed by atoms with Crippen LogP contribution in [-0.2, 0) is 5.41 Å². The summed E-state index contributed by atoms with van der Waals surface area (Å²) >= 11 is 1.95. The third kappa shape index (κ3) is 4.30. The predicted octanol–water partition coefficient (Wildman–Crippen LogP) is 14.2. The summed E-state index contributed by atoms with van der Waals surface area (Å²) in [5.41, 5.74) is 14.4. The Hall–Kier alpha value is -5.76. The quantitative estimate of drug-likeness (QED) is 0.177. The van der Waals surface area contributed by atoms with Crippen LogP contribution < -0.4 is 0 Å². The first kappa shape index (κ1) is 29.2. The molecule has 0 saturated carbocycles. The maximum absolute atomic E-state index is 2.49. The van der Waals surface area contributed by atoms with Crippen molar-refractivity contribution in [1.82, 2.24) is 0 Å². The minimum atomic E-state index is -0.0727. The van der Waals surface area contributed by atoms with Crippen LogP contribution in [0.4, 0.5) is 0 Å². The van der Waals surface area contributed by atoms with Gasteiger partial charge in [-0.05, 0) is 83.7 Å². The average molecular weight is 655 g/mol. The second-order valence-corrected chi connectivity index (χ2v) is 15.1. The summed E-state index contributed by atoms with van der Waals surface area (Å²) in [7, 11) is 0. The van der Waals surface area contributed by atoms with Gasteiger partial charge in [-0.2, -0.15) is 0 Å². The summed E-state index contributed by atoms with van der Waals surface area (Å²) in [4.78, 5) is 1.32.